The third kappa shape index (κ3) is 5.48. The quantitative estimate of drug-likeness (QED) is 0.404. The van der Waals surface area contributed by atoms with E-state index in [-0.39, 0.29) is 0 Å². The number of nitrogens with one attached hydrogen (secondary N) is 1. The normalized spacial score (nSPS) is 10.6. The van der Waals surface area contributed by atoms with Crippen LogP contribution in [0.15, 0.2) is 60.7 Å². The minimum Gasteiger partial charge on any atom is -0.490 e. The van der Waals surface area contributed by atoms with Gasteiger partial charge in [-0.2, -0.15) is 0 Å². The van der Waals surface area contributed by atoms with E-state index in [1.54, 1.807) is 12.1 Å². The van der Waals surface area contributed by atoms with Crippen LogP contribution in [0.5, 0.6) is 11.5 Å². The summed E-state index contributed by atoms with van der Waals surface area (Å²) in [6, 6.07) is 19.0. The van der Waals surface area contributed by atoms with Gasteiger partial charge in [0.1, 0.15) is 6.61 Å². The molecule has 0 aliphatic carbocycles. The first-order chi connectivity index (χ1) is 13.6. The number of hydrogen-bond donors (Lipinski definition) is 1. The number of rotatable bonds is 8. The lowest BCUT2D eigenvalue weighted by Gasteiger charge is -2.15. The largest absolute Gasteiger partial charge is 0.490 e. The highest BCUT2D eigenvalue weighted by molar-refractivity contribution is 6.42. The molecule has 6 heteroatoms. The van der Waals surface area contributed by atoms with Crippen LogP contribution in [0.25, 0.3) is 0 Å². The van der Waals surface area contributed by atoms with Gasteiger partial charge in [0.15, 0.2) is 11.5 Å². The van der Waals surface area contributed by atoms with Crippen molar-refractivity contribution < 1.29 is 9.47 Å². The topological polar surface area (TPSA) is 30.5 Å². The molecule has 0 heterocycles. The molecular weight excluding hydrogens is 417 g/mol. The Hall–Kier alpha value is -2.07. The fourth-order valence-corrected chi connectivity index (χ4v) is 3.12. The zero-order chi connectivity index (χ0) is 19.9. The Morgan fingerprint density at radius 3 is 2.36 bits per heavy atom. The van der Waals surface area contributed by atoms with E-state index >= 15 is 0 Å². The fraction of sp³-hybridized carbons (Fsp3) is 0.182. The van der Waals surface area contributed by atoms with Crippen LogP contribution in [-0.4, -0.2) is 6.61 Å². The molecule has 3 aromatic carbocycles. The zero-order valence-electron chi connectivity index (χ0n) is 15.3. The highest BCUT2D eigenvalue weighted by atomic mass is 35.5. The van der Waals surface area contributed by atoms with Crippen molar-refractivity contribution in [3.05, 3.63) is 86.9 Å². The summed E-state index contributed by atoms with van der Waals surface area (Å²) >= 11 is 18.2. The third-order valence-electron chi connectivity index (χ3n) is 4.07. The lowest BCUT2D eigenvalue weighted by molar-refractivity contribution is 0.269. The fourth-order valence-electron chi connectivity index (χ4n) is 2.63. The summed E-state index contributed by atoms with van der Waals surface area (Å²) in [5, 5.41) is 5.06. The lowest BCUT2D eigenvalue weighted by atomic mass is 10.2. The van der Waals surface area contributed by atoms with Gasteiger partial charge in [-0.15, -0.1) is 0 Å². The van der Waals surface area contributed by atoms with Crippen LogP contribution in [0.3, 0.4) is 0 Å². The molecule has 3 aromatic rings. The van der Waals surface area contributed by atoms with Crippen LogP contribution < -0.4 is 14.8 Å². The number of benzene rings is 3. The molecular formula is C22H20Cl3NO2. The Morgan fingerprint density at radius 1 is 0.786 bits per heavy atom. The van der Waals surface area contributed by atoms with Crippen molar-refractivity contribution in [1.29, 1.82) is 0 Å². The summed E-state index contributed by atoms with van der Waals surface area (Å²) in [6.45, 7) is 3.48. The van der Waals surface area contributed by atoms with E-state index in [0.717, 1.165) is 16.8 Å². The Balaban J connectivity index is 1.69. The van der Waals surface area contributed by atoms with Gasteiger partial charge in [0, 0.05) is 22.8 Å². The van der Waals surface area contributed by atoms with Crippen molar-refractivity contribution in [2.24, 2.45) is 0 Å². The van der Waals surface area contributed by atoms with E-state index in [0.29, 0.717) is 46.3 Å². The van der Waals surface area contributed by atoms with Crippen LogP contribution in [0.4, 0.5) is 5.69 Å². The molecule has 0 amide bonds. The molecule has 0 unspecified atom stereocenters. The first-order valence-corrected chi connectivity index (χ1v) is 10.0. The van der Waals surface area contributed by atoms with Crippen LogP contribution in [0.2, 0.25) is 15.1 Å². The summed E-state index contributed by atoms with van der Waals surface area (Å²) in [6.07, 6.45) is 0. The van der Waals surface area contributed by atoms with Crippen LogP contribution in [0, 0.1) is 0 Å². The molecule has 0 radical (unpaired) electrons. The van der Waals surface area contributed by atoms with Crippen molar-refractivity contribution in [2.45, 2.75) is 20.1 Å². The van der Waals surface area contributed by atoms with Gasteiger partial charge in [-0.05, 0) is 48.9 Å². The predicted molar refractivity (Wildman–Crippen MR) is 117 cm³/mol. The summed E-state index contributed by atoms with van der Waals surface area (Å²) in [5.74, 6) is 1.38. The highest BCUT2D eigenvalue weighted by Gasteiger charge is 2.09. The van der Waals surface area contributed by atoms with E-state index in [1.807, 2.05) is 55.5 Å². The maximum atomic E-state index is 6.20. The summed E-state index contributed by atoms with van der Waals surface area (Å²) in [4.78, 5) is 0. The second-order valence-electron chi connectivity index (χ2n) is 6.08. The molecule has 0 fully saturated rings. The lowest BCUT2D eigenvalue weighted by Crippen LogP contribution is -2.03. The molecule has 0 spiro atoms. The number of anilines is 1. The van der Waals surface area contributed by atoms with Gasteiger partial charge in [0.2, 0.25) is 0 Å². The first-order valence-electron chi connectivity index (χ1n) is 8.87. The monoisotopic (exact) mass is 435 g/mol. The van der Waals surface area contributed by atoms with Gasteiger partial charge < -0.3 is 14.8 Å². The van der Waals surface area contributed by atoms with E-state index < -0.39 is 0 Å². The molecule has 3 nitrogen and oxygen atoms in total. The minimum atomic E-state index is 0.376. The van der Waals surface area contributed by atoms with E-state index in [4.69, 9.17) is 44.3 Å². The van der Waals surface area contributed by atoms with Crippen LogP contribution in [0.1, 0.15) is 18.1 Å². The molecule has 0 aliphatic rings. The molecule has 0 saturated carbocycles. The zero-order valence-corrected chi connectivity index (χ0v) is 17.6. The Bertz CT molecular complexity index is 947. The Morgan fingerprint density at radius 2 is 1.61 bits per heavy atom. The van der Waals surface area contributed by atoms with E-state index in [1.165, 1.54) is 0 Å². The van der Waals surface area contributed by atoms with Crippen molar-refractivity contribution in [1.82, 2.24) is 0 Å². The van der Waals surface area contributed by atoms with Gasteiger partial charge in [0.25, 0.3) is 0 Å². The molecule has 0 saturated heterocycles. The minimum absolute atomic E-state index is 0.376. The predicted octanol–water partition coefficient (Wildman–Crippen LogP) is 7.24. The van der Waals surface area contributed by atoms with Crippen molar-refractivity contribution in [3.63, 3.8) is 0 Å². The summed E-state index contributed by atoms with van der Waals surface area (Å²) < 4.78 is 11.7. The van der Waals surface area contributed by atoms with Gasteiger partial charge in [-0.25, -0.2) is 0 Å². The number of hydrogen-bond acceptors (Lipinski definition) is 3. The van der Waals surface area contributed by atoms with Crippen molar-refractivity contribution in [3.8, 4) is 11.5 Å². The smallest absolute Gasteiger partial charge is 0.161 e. The standard InChI is InChI=1S/C22H20Cl3NO2/c1-2-27-22-11-15(13-26-17-8-9-19(24)20(25)12-17)7-10-21(22)28-14-16-5-3-4-6-18(16)23/h3-12,26H,2,13-14H2,1H3. The van der Waals surface area contributed by atoms with Crippen LogP contribution >= 0.6 is 34.8 Å². The van der Waals surface area contributed by atoms with Gasteiger partial charge in [0.05, 0.1) is 16.7 Å². The first kappa shape index (κ1) is 20.7. The van der Waals surface area contributed by atoms with E-state index in [9.17, 15) is 0 Å². The van der Waals surface area contributed by atoms with Crippen LogP contribution in [-0.2, 0) is 13.2 Å². The molecule has 0 atom stereocenters. The number of halogens is 3. The second-order valence-corrected chi connectivity index (χ2v) is 7.30. The summed E-state index contributed by atoms with van der Waals surface area (Å²) in [5.41, 5.74) is 2.88. The van der Waals surface area contributed by atoms with Crippen molar-refractivity contribution >= 4 is 40.5 Å². The average Bonchev–Trinajstić information content (AvgIpc) is 2.69. The average molecular weight is 437 g/mol. The molecule has 3 rings (SSSR count). The van der Waals surface area contributed by atoms with Crippen molar-refractivity contribution in [2.75, 3.05) is 11.9 Å². The van der Waals surface area contributed by atoms with Gasteiger partial charge in [-0.3, -0.25) is 0 Å². The molecule has 1 N–H and O–H groups in total. The maximum Gasteiger partial charge on any atom is 0.161 e. The Kier molecular flexibility index (Phi) is 7.32. The highest BCUT2D eigenvalue weighted by Crippen LogP contribution is 2.31. The second kappa shape index (κ2) is 9.92. The molecule has 146 valence electrons. The van der Waals surface area contributed by atoms with Gasteiger partial charge >= 0.3 is 0 Å². The van der Waals surface area contributed by atoms with Gasteiger partial charge in [-0.1, -0.05) is 59.1 Å². The SMILES string of the molecule is CCOc1cc(CNc2ccc(Cl)c(Cl)c2)ccc1OCc1ccccc1Cl. The van der Waals surface area contributed by atoms with E-state index in [2.05, 4.69) is 5.32 Å². The summed E-state index contributed by atoms with van der Waals surface area (Å²) in [7, 11) is 0. The molecule has 0 aliphatic heterocycles. The Labute approximate surface area is 180 Å². The molecule has 0 aromatic heterocycles. The maximum absolute atomic E-state index is 6.20. The molecule has 0 bridgehead atoms. The number of ether oxygens (including phenoxy) is 2. The third-order valence-corrected chi connectivity index (χ3v) is 5.17. The molecule has 28 heavy (non-hydrogen) atoms.